The van der Waals surface area contributed by atoms with E-state index < -0.39 is 11.6 Å². The molecule has 0 spiro atoms. The van der Waals surface area contributed by atoms with Crippen molar-refractivity contribution in [1.82, 2.24) is 14.7 Å². The Balaban J connectivity index is 1.78. The number of aryl methyl sites for hydroxylation is 1. The number of benzene rings is 2. The van der Waals surface area contributed by atoms with Crippen LogP contribution in [0.4, 0.5) is 8.78 Å². The van der Waals surface area contributed by atoms with Crippen molar-refractivity contribution in [2.75, 3.05) is 20.3 Å². The maximum atomic E-state index is 14.6. The lowest BCUT2D eigenvalue weighted by atomic mass is 10.1. The lowest BCUT2D eigenvalue weighted by Crippen LogP contribution is -2.35. The molecule has 1 atom stereocenters. The number of rotatable bonds is 9. The quantitative estimate of drug-likeness (QED) is 0.425. The Morgan fingerprint density at radius 1 is 1.23 bits per heavy atom. The molecule has 186 valence electrons. The summed E-state index contributed by atoms with van der Waals surface area (Å²) < 4.78 is 46.7. The molecular formula is C26H29F2N3O4. The molecule has 1 unspecified atom stereocenters. The van der Waals surface area contributed by atoms with Gasteiger partial charge in [-0.15, -0.1) is 0 Å². The number of nitrogens with zero attached hydrogens (tertiary/aromatic N) is 3. The van der Waals surface area contributed by atoms with Crippen molar-refractivity contribution in [1.29, 1.82) is 0 Å². The van der Waals surface area contributed by atoms with E-state index in [1.807, 2.05) is 6.92 Å². The first-order valence-electron chi connectivity index (χ1n) is 11.6. The lowest BCUT2D eigenvalue weighted by Gasteiger charge is -2.24. The van der Waals surface area contributed by atoms with Gasteiger partial charge in [-0.05, 0) is 55.7 Å². The fraction of sp³-hybridized carbons (Fsp3) is 0.385. The number of methoxy groups -OCH3 is 1. The van der Waals surface area contributed by atoms with Crippen LogP contribution in [0.3, 0.4) is 0 Å². The van der Waals surface area contributed by atoms with Gasteiger partial charge in [0, 0.05) is 26.1 Å². The third-order valence-corrected chi connectivity index (χ3v) is 6.01. The highest BCUT2D eigenvalue weighted by Gasteiger charge is 2.27. The lowest BCUT2D eigenvalue weighted by molar-refractivity contribution is -0.131. The highest BCUT2D eigenvalue weighted by atomic mass is 19.1. The van der Waals surface area contributed by atoms with Crippen molar-refractivity contribution in [2.24, 2.45) is 0 Å². The zero-order chi connectivity index (χ0) is 24.9. The average Bonchev–Trinajstić information content (AvgIpc) is 3.48. The number of hydrogen-bond donors (Lipinski definition) is 0. The predicted octanol–water partition coefficient (Wildman–Crippen LogP) is 5.04. The second-order valence-electron chi connectivity index (χ2n) is 8.41. The van der Waals surface area contributed by atoms with E-state index in [-0.39, 0.29) is 30.2 Å². The Morgan fingerprint density at radius 2 is 2.00 bits per heavy atom. The predicted molar refractivity (Wildman–Crippen MR) is 126 cm³/mol. The molecule has 7 nitrogen and oxygen atoms in total. The van der Waals surface area contributed by atoms with Crippen LogP contribution in [-0.2, 0) is 22.5 Å². The molecule has 0 saturated carbocycles. The zero-order valence-electron chi connectivity index (χ0n) is 20.1. The minimum Gasteiger partial charge on any atom is -0.497 e. The van der Waals surface area contributed by atoms with Crippen LogP contribution in [0.5, 0.6) is 17.4 Å². The van der Waals surface area contributed by atoms with E-state index in [0.29, 0.717) is 42.3 Å². The fourth-order valence-corrected chi connectivity index (χ4v) is 4.12. The van der Waals surface area contributed by atoms with Crippen LogP contribution in [0, 0.1) is 11.6 Å². The highest BCUT2D eigenvalue weighted by Crippen LogP contribution is 2.34. The van der Waals surface area contributed by atoms with Gasteiger partial charge in [-0.3, -0.25) is 4.79 Å². The molecule has 35 heavy (non-hydrogen) atoms. The average molecular weight is 486 g/mol. The van der Waals surface area contributed by atoms with Gasteiger partial charge >= 0.3 is 0 Å². The van der Waals surface area contributed by atoms with E-state index in [4.69, 9.17) is 19.3 Å². The molecule has 0 radical (unpaired) electrons. The summed E-state index contributed by atoms with van der Waals surface area (Å²) in [7, 11) is 1.58. The first-order chi connectivity index (χ1) is 16.9. The third-order valence-electron chi connectivity index (χ3n) is 6.01. The fourth-order valence-electron chi connectivity index (χ4n) is 4.12. The van der Waals surface area contributed by atoms with Crippen LogP contribution in [0.25, 0.3) is 5.69 Å². The molecule has 4 rings (SSSR count). The minimum atomic E-state index is -0.834. The number of amides is 1. The molecule has 1 aromatic heterocycles. The number of aromatic nitrogens is 2. The molecular weight excluding hydrogens is 456 g/mol. The largest absolute Gasteiger partial charge is 0.497 e. The van der Waals surface area contributed by atoms with Crippen LogP contribution in [0.15, 0.2) is 42.5 Å². The summed E-state index contributed by atoms with van der Waals surface area (Å²) in [6.07, 6.45) is 2.38. The van der Waals surface area contributed by atoms with Crippen LogP contribution >= 0.6 is 0 Å². The van der Waals surface area contributed by atoms with Gasteiger partial charge in [0.25, 0.3) is 0 Å². The Bertz CT molecular complexity index is 1170. The first-order valence-corrected chi connectivity index (χ1v) is 11.6. The smallest absolute Gasteiger partial charge is 0.228 e. The van der Waals surface area contributed by atoms with Gasteiger partial charge in [-0.1, -0.05) is 6.92 Å². The van der Waals surface area contributed by atoms with Crippen molar-refractivity contribution in [3.8, 4) is 23.1 Å². The van der Waals surface area contributed by atoms with Crippen molar-refractivity contribution in [3.63, 3.8) is 0 Å². The van der Waals surface area contributed by atoms with Gasteiger partial charge in [0.15, 0.2) is 11.6 Å². The number of halogens is 2. The molecule has 0 aliphatic carbocycles. The Morgan fingerprint density at radius 3 is 2.60 bits per heavy atom. The van der Waals surface area contributed by atoms with E-state index in [0.717, 1.165) is 25.0 Å². The summed E-state index contributed by atoms with van der Waals surface area (Å²) in [5.41, 5.74) is 2.02. The maximum Gasteiger partial charge on any atom is 0.228 e. The summed E-state index contributed by atoms with van der Waals surface area (Å²) in [4.78, 5) is 14.2. The molecule has 9 heteroatoms. The van der Waals surface area contributed by atoms with Gasteiger partial charge in [0.1, 0.15) is 11.6 Å². The Kier molecular flexibility index (Phi) is 7.65. The van der Waals surface area contributed by atoms with Gasteiger partial charge in [0.2, 0.25) is 11.8 Å². The Hall–Kier alpha value is -3.46. The molecule has 2 aromatic carbocycles. The number of ether oxygens (including phenoxy) is 3. The zero-order valence-corrected chi connectivity index (χ0v) is 20.1. The number of hydrogen-bond acceptors (Lipinski definition) is 5. The topological polar surface area (TPSA) is 65.8 Å². The summed E-state index contributed by atoms with van der Waals surface area (Å²) in [5.74, 6) is -0.858. The molecule has 0 N–H and O–H groups in total. The van der Waals surface area contributed by atoms with E-state index in [1.165, 1.54) is 13.0 Å². The van der Waals surface area contributed by atoms with Crippen LogP contribution in [0.2, 0.25) is 0 Å². The van der Waals surface area contributed by atoms with Crippen molar-refractivity contribution in [2.45, 2.75) is 45.8 Å². The molecule has 1 amide bonds. The Labute approximate surface area is 203 Å². The van der Waals surface area contributed by atoms with E-state index in [2.05, 4.69) is 0 Å². The monoisotopic (exact) mass is 485 g/mol. The summed E-state index contributed by atoms with van der Waals surface area (Å²) >= 11 is 0. The first kappa shape index (κ1) is 24.7. The van der Waals surface area contributed by atoms with Crippen LogP contribution in [-0.4, -0.2) is 47.0 Å². The van der Waals surface area contributed by atoms with Crippen molar-refractivity contribution >= 4 is 5.91 Å². The normalized spacial score (nSPS) is 15.3. The van der Waals surface area contributed by atoms with Gasteiger partial charge < -0.3 is 19.1 Å². The minimum absolute atomic E-state index is 0.0282. The molecule has 0 bridgehead atoms. The number of carbonyl (C=O) groups is 1. The molecule has 1 saturated heterocycles. The SMILES string of the molecule is CCc1nn(-c2ccc(OC)cc2)c(Oc2ccc(F)cc2F)c1CN(CC1CCCO1)C(C)=O. The second-order valence-corrected chi connectivity index (χ2v) is 8.41. The highest BCUT2D eigenvalue weighted by molar-refractivity contribution is 5.73. The molecule has 1 fully saturated rings. The van der Waals surface area contributed by atoms with Gasteiger partial charge in [-0.25, -0.2) is 13.5 Å². The molecule has 1 aliphatic heterocycles. The third kappa shape index (κ3) is 5.62. The molecule has 3 aromatic rings. The van der Waals surface area contributed by atoms with E-state index in [9.17, 15) is 13.6 Å². The summed E-state index contributed by atoms with van der Waals surface area (Å²) in [6.45, 7) is 4.80. The van der Waals surface area contributed by atoms with Crippen LogP contribution in [0.1, 0.15) is 37.9 Å². The van der Waals surface area contributed by atoms with Crippen molar-refractivity contribution in [3.05, 3.63) is 65.4 Å². The second kappa shape index (κ2) is 10.9. The molecule has 1 aliphatic rings. The maximum absolute atomic E-state index is 14.6. The van der Waals surface area contributed by atoms with E-state index in [1.54, 1.807) is 41.0 Å². The summed E-state index contributed by atoms with van der Waals surface area (Å²) in [5, 5.41) is 4.73. The van der Waals surface area contributed by atoms with Gasteiger partial charge in [0.05, 0.1) is 36.7 Å². The van der Waals surface area contributed by atoms with Gasteiger partial charge in [-0.2, -0.15) is 5.10 Å². The van der Waals surface area contributed by atoms with Crippen LogP contribution < -0.4 is 9.47 Å². The number of carbonyl (C=O) groups excluding carboxylic acids is 1. The van der Waals surface area contributed by atoms with E-state index >= 15 is 0 Å². The molecule has 2 heterocycles. The van der Waals surface area contributed by atoms with Crippen molar-refractivity contribution < 1.29 is 27.8 Å². The standard InChI is InChI=1S/C26H29F2N3O4/c1-4-24-22(16-30(17(2)32)15-21-6-5-13-34-21)26(35-25-12-7-18(27)14-23(25)28)31(29-24)19-8-10-20(33-3)11-9-19/h7-12,14,21H,4-6,13,15-16H2,1-3H3. The summed E-state index contributed by atoms with van der Waals surface area (Å²) in [6, 6.07) is 10.3.